The van der Waals surface area contributed by atoms with E-state index < -0.39 is 29.5 Å². The number of carbonyl (C=O) groups excluding carboxylic acids is 1. The molecule has 3 aromatic rings. The lowest BCUT2D eigenvalue weighted by atomic mass is 9.93. The van der Waals surface area contributed by atoms with Gasteiger partial charge in [0.2, 0.25) is 14.3 Å². The second kappa shape index (κ2) is 17.3. The molecule has 0 radical (unpaired) electrons. The lowest BCUT2D eigenvalue weighted by Gasteiger charge is -2.29. The van der Waals surface area contributed by atoms with E-state index in [4.69, 9.17) is 28.5 Å². The normalized spacial score (nSPS) is 20.7. The first-order valence-electron chi connectivity index (χ1n) is 17.1. The minimum atomic E-state index is -1.16. The van der Waals surface area contributed by atoms with Gasteiger partial charge in [-0.15, -0.1) is 0 Å². The maximum atomic E-state index is 13.0. The van der Waals surface area contributed by atoms with E-state index in [1.165, 1.54) is 27.8 Å². The van der Waals surface area contributed by atoms with Crippen LogP contribution in [0.1, 0.15) is 99.3 Å². The van der Waals surface area contributed by atoms with E-state index in [9.17, 15) is 4.79 Å². The number of halogens is 2. The summed E-state index contributed by atoms with van der Waals surface area (Å²) in [7, 11) is -1.16. The average Bonchev–Trinajstić information content (AvgIpc) is 3.53. The number of amides is 1. The van der Waals surface area contributed by atoms with Crippen molar-refractivity contribution >= 4 is 51.0 Å². The first kappa shape index (κ1) is 37.2. The molecule has 4 unspecified atom stereocenters. The van der Waals surface area contributed by atoms with Gasteiger partial charge in [0.25, 0.3) is 0 Å². The van der Waals surface area contributed by atoms with Crippen LogP contribution in [0.2, 0.25) is 5.02 Å². The van der Waals surface area contributed by atoms with Gasteiger partial charge in [-0.2, -0.15) is 0 Å². The highest BCUT2D eigenvalue weighted by molar-refractivity contribution is 14.2. The summed E-state index contributed by atoms with van der Waals surface area (Å²) in [6, 6.07) is 18.9. The van der Waals surface area contributed by atoms with Gasteiger partial charge in [0.05, 0.1) is 18.8 Å². The van der Waals surface area contributed by atoms with Gasteiger partial charge in [-0.3, -0.25) is 4.79 Å². The molecule has 2 aliphatic heterocycles. The van der Waals surface area contributed by atoms with Crippen LogP contribution in [-0.2, 0) is 20.3 Å². The summed E-state index contributed by atoms with van der Waals surface area (Å²) in [6.07, 6.45) is 4.09. The molecule has 0 N–H and O–H groups in total. The largest absolute Gasteiger partial charge is 0.484 e. The summed E-state index contributed by atoms with van der Waals surface area (Å²) in [6.45, 7) is 16.6. The van der Waals surface area contributed by atoms with Gasteiger partial charge in [-0.1, -0.05) is 70.5 Å². The van der Waals surface area contributed by atoms with Gasteiger partial charge in [0, 0.05) is 27.9 Å². The van der Waals surface area contributed by atoms with Crippen LogP contribution in [0.15, 0.2) is 54.6 Å². The predicted octanol–water partition coefficient (Wildman–Crippen LogP) is 10.8. The van der Waals surface area contributed by atoms with Gasteiger partial charge < -0.3 is 21.8 Å². The van der Waals surface area contributed by atoms with E-state index in [1.54, 1.807) is 0 Å². The fourth-order valence-electron chi connectivity index (χ4n) is 6.24. The molecular weight excluding hydrogens is 756 g/mol. The summed E-state index contributed by atoms with van der Waals surface area (Å²) in [4.78, 5) is 15.1. The minimum absolute atomic E-state index is 0.0302. The van der Waals surface area contributed by atoms with Crippen molar-refractivity contribution in [3.8, 4) is 11.5 Å². The van der Waals surface area contributed by atoms with Gasteiger partial charge in [-0.25, -0.2) is 0 Å². The van der Waals surface area contributed by atoms with Crippen molar-refractivity contribution in [1.82, 2.24) is 4.90 Å². The Labute approximate surface area is 304 Å². The Hall–Kier alpha value is -2.03. The fraction of sp³-hybridized carbons (Fsp3) is 0.487. The molecule has 0 saturated carbocycles. The van der Waals surface area contributed by atoms with Crippen LogP contribution in [0, 0.1) is 25.7 Å². The molecule has 260 valence electrons. The first-order chi connectivity index (χ1) is 23.0. The zero-order valence-electron chi connectivity index (χ0n) is 29.3. The lowest BCUT2D eigenvalue weighted by Crippen LogP contribution is -2.40. The van der Waals surface area contributed by atoms with Crippen LogP contribution >= 0.6 is 41.1 Å². The number of hydrogen-bond acceptors (Lipinski definition) is 5. The lowest BCUT2D eigenvalue weighted by molar-refractivity contribution is -0.136. The molecule has 0 aromatic heterocycles. The smallest absolute Gasteiger partial charge is 0.226 e. The number of rotatable bonds is 12. The Bertz CT molecular complexity index is 1570. The Kier molecular flexibility index (Phi) is 13.4. The summed E-state index contributed by atoms with van der Waals surface area (Å²) in [5, 5.41) is 0.715. The molecule has 2 heterocycles. The molecule has 0 bridgehead atoms. The molecule has 48 heavy (non-hydrogen) atoms. The third-order valence-electron chi connectivity index (χ3n) is 9.46. The molecule has 1 amide bonds. The third kappa shape index (κ3) is 9.60. The summed E-state index contributed by atoms with van der Waals surface area (Å²) < 4.78 is 27.1. The van der Waals surface area contributed by atoms with E-state index in [0.29, 0.717) is 29.8 Å². The minimum Gasteiger partial charge on any atom is -0.484 e. The summed E-state index contributed by atoms with van der Waals surface area (Å²) >= 11 is 5.56. The monoisotopic (exact) mass is 805 g/mol. The standard InChI is InChI=1S/C39H50ClINO5P/c1-25(2)29(7)39(43)42-16-9-12-33(42)23-41-46-38-14-13-30(20-35(38)26(3)4)21-36-27(5)18-34(19-28(36)6)44-24-48-45-17-15-37(47-48)31-10-8-11-32(40)22-31/h8,10-11,13-14,18-20,22-23,25-26,29,33,37H,9,12,15-17,21,24H2,1-7H3. The number of likely N-dealkylation sites (tertiary alicyclic amines) is 1. The molecule has 3 aromatic carbocycles. The highest BCUT2D eigenvalue weighted by atomic mass is 127. The Morgan fingerprint density at radius 3 is 2.54 bits per heavy atom. The van der Waals surface area contributed by atoms with Gasteiger partial charge in [-0.05, 0) is 109 Å². The number of aryl methyl sites for hydroxylation is 2. The predicted molar refractivity (Wildman–Crippen MR) is 207 cm³/mol. The highest BCUT2D eigenvalue weighted by Gasteiger charge is 2.31. The van der Waals surface area contributed by atoms with E-state index in [2.05, 4.69) is 93.8 Å². The molecule has 6 nitrogen and oxygen atoms in total. The van der Waals surface area contributed by atoms with Crippen LogP contribution in [0.5, 0.6) is 11.5 Å². The van der Waals surface area contributed by atoms with Crippen molar-refractivity contribution < 1.29 is 21.6 Å². The second-order valence-corrected chi connectivity index (χ2v) is 17.2. The highest BCUT2D eigenvalue weighted by Crippen LogP contribution is 2.49. The Morgan fingerprint density at radius 2 is 1.83 bits per heavy atom. The topological polar surface area (TPSA) is 57.2 Å². The molecule has 2 aliphatic rings. The molecular formula is C39H50ClINO5P. The molecule has 4 atom stereocenters. The van der Waals surface area contributed by atoms with Crippen LogP contribution in [0.4, 0.5) is 0 Å². The van der Waals surface area contributed by atoms with E-state index in [1.807, 2.05) is 18.2 Å². The average molecular weight is 806 g/mol. The maximum absolute atomic E-state index is 13.0. The number of hydrogen-bond donors (Lipinski definition) is 0. The number of carbonyl (C=O) groups is 1. The van der Waals surface area contributed by atoms with Gasteiger partial charge >= 0.3 is 0 Å². The summed E-state index contributed by atoms with van der Waals surface area (Å²) in [5.74, 6) is 2.82. The SMILES string of the molecule is Cc1cc(OCP2OCCC(c3cccc(Cl)c3)O2)cc(C)c1Cc1ccc(OI=CC2CCCN2C(=O)C(C)C(C)C)c(C(C)C)c1. The van der Waals surface area contributed by atoms with Crippen LogP contribution in [0.3, 0.4) is 0 Å². The first-order valence-corrected chi connectivity index (χ1v) is 21.0. The third-order valence-corrected chi connectivity index (χ3v) is 12.8. The molecule has 2 fully saturated rings. The number of nitrogens with zero attached hydrogens (tertiary/aromatic N) is 1. The van der Waals surface area contributed by atoms with E-state index in [0.717, 1.165) is 49.3 Å². The van der Waals surface area contributed by atoms with Crippen molar-refractivity contribution in [2.24, 2.45) is 11.8 Å². The van der Waals surface area contributed by atoms with Crippen molar-refractivity contribution in [2.75, 3.05) is 19.5 Å². The zero-order valence-corrected chi connectivity index (χ0v) is 33.1. The van der Waals surface area contributed by atoms with Crippen molar-refractivity contribution in [1.29, 1.82) is 0 Å². The molecule has 9 heteroatoms. The van der Waals surface area contributed by atoms with Crippen LogP contribution < -0.4 is 7.80 Å². The maximum Gasteiger partial charge on any atom is 0.226 e. The van der Waals surface area contributed by atoms with Crippen molar-refractivity contribution in [3.05, 3.63) is 93.0 Å². The fourth-order valence-corrected chi connectivity index (χ4v) is 9.62. The number of ether oxygens (including phenoxy) is 1. The second-order valence-electron chi connectivity index (χ2n) is 13.7. The quantitative estimate of drug-likeness (QED) is 0.135. The molecule has 5 rings (SSSR count). The van der Waals surface area contributed by atoms with Crippen molar-refractivity contribution in [2.45, 2.75) is 92.2 Å². The molecule has 0 aliphatic carbocycles. The van der Waals surface area contributed by atoms with Gasteiger partial charge in [0.1, 0.15) is 32.6 Å². The van der Waals surface area contributed by atoms with Crippen LogP contribution in [0.25, 0.3) is 0 Å². The van der Waals surface area contributed by atoms with Crippen molar-refractivity contribution in [3.63, 3.8) is 0 Å². The van der Waals surface area contributed by atoms with Gasteiger partial charge in [0.15, 0.2) is 6.35 Å². The molecule has 0 spiro atoms. The Balaban J connectivity index is 1.20. The zero-order chi connectivity index (χ0) is 34.4. The number of benzene rings is 3. The van der Waals surface area contributed by atoms with E-state index >= 15 is 0 Å². The molecule has 2 saturated heterocycles. The van der Waals surface area contributed by atoms with Crippen LogP contribution in [-0.4, -0.2) is 40.4 Å². The van der Waals surface area contributed by atoms with E-state index in [-0.39, 0.29) is 24.0 Å². The summed E-state index contributed by atoms with van der Waals surface area (Å²) in [5.41, 5.74) is 7.29. The Morgan fingerprint density at radius 1 is 1.06 bits per heavy atom.